The van der Waals surface area contributed by atoms with Crippen LogP contribution in [0, 0.1) is 0 Å². The predicted molar refractivity (Wildman–Crippen MR) is 168 cm³/mol. The maximum Gasteiger partial charge on any atom is 0.329 e. The first-order valence-electron chi connectivity index (χ1n) is 14.9. The number of carbonyl (C=O) groups is 2. The van der Waals surface area contributed by atoms with Crippen molar-refractivity contribution < 1.29 is 19.1 Å². The van der Waals surface area contributed by atoms with Gasteiger partial charge in [-0.15, -0.1) is 0 Å². The zero-order chi connectivity index (χ0) is 30.4. The lowest BCUT2D eigenvalue weighted by Crippen LogP contribution is -2.54. The van der Waals surface area contributed by atoms with Gasteiger partial charge in [-0.1, -0.05) is 48.5 Å². The Morgan fingerprint density at radius 2 is 1.86 bits per heavy atom. The molecule has 3 heterocycles. The van der Waals surface area contributed by atoms with Gasteiger partial charge in [0.25, 0.3) is 0 Å². The van der Waals surface area contributed by atoms with E-state index >= 15 is 0 Å². The van der Waals surface area contributed by atoms with Crippen molar-refractivity contribution in [1.82, 2.24) is 15.3 Å². The third-order valence-electron chi connectivity index (χ3n) is 7.54. The summed E-state index contributed by atoms with van der Waals surface area (Å²) in [7, 11) is 0. The lowest BCUT2D eigenvalue weighted by atomic mass is 9.95. The fourth-order valence-corrected chi connectivity index (χ4v) is 5.48. The van der Waals surface area contributed by atoms with Crippen LogP contribution in [0.15, 0.2) is 72.9 Å². The number of H-pyrrole nitrogens is 1. The maximum atomic E-state index is 14.1. The van der Waals surface area contributed by atoms with E-state index in [-0.39, 0.29) is 5.91 Å². The van der Waals surface area contributed by atoms with Gasteiger partial charge in [-0.2, -0.15) is 0 Å². The van der Waals surface area contributed by atoms with Crippen molar-refractivity contribution >= 4 is 28.5 Å². The summed E-state index contributed by atoms with van der Waals surface area (Å²) < 4.78 is 11.7. The van der Waals surface area contributed by atoms with Crippen molar-refractivity contribution in [2.45, 2.75) is 77.3 Å². The summed E-state index contributed by atoms with van der Waals surface area (Å²) in [6.45, 7) is 6.86. The highest BCUT2D eigenvalue weighted by molar-refractivity contribution is 5.92. The van der Waals surface area contributed by atoms with Gasteiger partial charge in [-0.3, -0.25) is 4.79 Å². The zero-order valence-corrected chi connectivity index (χ0v) is 25.1. The van der Waals surface area contributed by atoms with Crippen molar-refractivity contribution in [3.8, 4) is 5.88 Å². The highest BCUT2D eigenvalue weighted by Crippen LogP contribution is 2.34. The van der Waals surface area contributed by atoms with E-state index in [2.05, 4.69) is 26.3 Å². The van der Waals surface area contributed by atoms with Crippen LogP contribution in [0.1, 0.15) is 56.9 Å². The second-order valence-electron chi connectivity index (χ2n) is 12.0. The molecule has 5 rings (SSSR count). The molecule has 1 aliphatic rings. The molecule has 9 heteroatoms. The van der Waals surface area contributed by atoms with Gasteiger partial charge in [0, 0.05) is 41.0 Å². The van der Waals surface area contributed by atoms with Gasteiger partial charge in [0.05, 0.1) is 6.54 Å². The third kappa shape index (κ3) is 7.53. The molecule has 0 saturated carbocycles. The zero-order valence-electron chi connectivity index (χ0n) is 25.1. The Labute approximate surface area is 252 Å². The molecule has 2 aromatic carbocycles. The van der Waals surface area contributed by atoms with E-state index in [9.17, 15) is 9.59 Å². The molecule has 0 bridgehead atoms. The number of para-hydroxylation sites is 1. The smallest absolute Gasteiger partial charge is 0.329 e. The number of aromatic amines is 1. The molecule has 0 fully saturated rings. The molecule has 4 aromatic rings. The number of nitrogens with one attached hydrogen (secondary N) is 2. The van der Waals surface area contributed by atoms with Crippen molar-refractivity contribution in [3.05, 3.63) is 89.7 Å². The highest BCUT2D eigenvalue weighted by Gasteiger charge is 2.36. The minimum Gasteiger partial charge on any atom is -0.473 e. The van der Waals surface area contributed by atoms with Crippen LogP contribution in [-0.2, 0) is 33.9 Å². The Balaban J connectivity index is 1.43. The number of pyridine rings is 1. The molecule has 4 N–H and O–H groups in total. The summed E-state index contributed by atoms with van der Waals surface area (Å²) in [6.07, 6.45) is 4.08. The number of fused-ring (bicyclic) bond motifs is 3. The van der Waals surface area contributed by atoms with Gasteiger partial charge in [-0.25, -0.2) is 9.78 Å². The number of anilines is 1. The van der Waals surface area contributed by atoms with E-state index in [0.717, 1.165) is 39.8 Å². The summed E-state index contributed by atoms with van der Waals surface area (Å²) in [5, 5.41) is 4.15. The Kier molecular flexibility index (Phi) is 9.31. The summed E-state index contributed by atoms with van der Waals surface area (Å²) >= 11 is 0. The molecule has 43 heavy (non-hydrogen) atoms. The number of unbranched alkanes of at least 4 members (excludes halogenated alkanes) is 1. The topological polar surface area (TPSA) is 123 Å². The van der Waals surface area contributed by atoms with Crippen molar-refractivity contribution in [2.75, 3.05) is 11.4 Å². The molecule has 0 spiro atoms. The summed E-state index contributed by atoms with van der Waals surface area (Å²) in [6, 6.07) is 20.4. The molecule has 0 saturated heterocycles. The first-order valence-corrected chi connectivity index (χ1v) is 14.9. The predicted octanol–water partition coefficient (Wildman–Crippen LogP) is 5.03. The van der Waals surface area contributed by atoms with Gasteiger partial charge < -0.3 is 30.4 Å². The van der Waals surface area contributed by atoms with E-state index in [1.165, 1.54) is 0 Å². The molecule has 9 nitrogen and oxygen atoms in total. The van der Waals surface area contributed by atoms with Crippen molar-refractivity contribution in [3.63, 3.8) is 0 Å². The van der Waals surface area contributed by atoms with Gasteiger partial charge in [0.15, 0.2) is 0 Å². The molecule has 2 aromatic heterocycles. The van der Waals surface area contributed by atoms with Crippen LogP contribution < -0.4 is 20.7 Å². The third-order valence-corrected chi connectivity index (χ3v) is 7.54. The number of ether oxygens (including phenoxy) is 2. The van der Waals surface area contributed by atoms with Gasteiger partial charge in [0.2, 0.25) is 11.8 Å². The van der Waals surface area contributed by atoms with E-state index < -0.39 is 23.7 Å². The van der Waals surface area contributed by atoms with Gasteiger partial charge in [-0.05, 0) is 69.8 Å². The molecule has 1 aliphatic heterocycles. The van der Waals surface area contributed by atoms with Gasteiger partial charge >= 0.3 is 5.97 Å². The maximum absolute atomic E-state index is 14.1. The van der Waals surface area contributed by atoms with Crippen LogP contribution in [0.2, 0.25) is 0 Å². The number of nitrogens with zero attached hydrogens (tertiary/aromatic N) is 2. The SMILES string of the molecule is CC(C)(C)OC(=O)C(CCCCN)NC(=O)C1Cc2c([nH]c3ccccc23)CN1c1ccnc(OCc2ccccc2)c1. The Bertz CT molecular complexity index is 1550. The number of hydrogen-bond donors (Lipinski definition) is 3. The fraction of sp³-hybridized carbons (Fsp3) is 0.382. The Hall–Kier alpha value is -4.37. The van der Waals surface area contributed by atoms with E-state index in [4.69, 9.17) is 15.2 Å². The van der Waals surface area contributed by atoms with Crippen LogP contribution in [-0.4, -0.2) is 46.1 Å². The van der Waals surface area contributed by atoms with Crippen LogP contribution in [0.4, 0.5) is 5.69 Å². The number of rotatable bonds is 11. The number of amides is 1. The second kappa shape index (κ2) is 13.3. The van der Waals surface area contributed by atoms with Crippen molar-refractivity contribution in [2.24, 2.45) is 5.73 Å². The summed E-state index contributed by atoms with van der Waals surface area (Å²) in [5.41, 5.74) is 10.1. The molecule has 0 aliphatic carbocycles. The largest absolute Gasteiger partial charge is 0.473 e. The summed E-state index contributed by atoms with van der Waals surface area (Å²) in [4.78, 5) is 37.3. The minimum atomic E-state index is -0.772. The average Bonchev–Trinajstić information content (AvgIpc) is 3.36. The van der Waals surface area contributed by atoms with Crippen molar-refractivity contribution in [1.29, 1.82) is 0 Å². The quantitative estimate of drug-likeness (QED) is 0.167. The molecule has 2 unspecified atom stereocenters. The van der Waals surface area contributed by atoms with E-state index in [1.54, 1.807) is 6.20 Å². The molecule has 0 radical (unpaired) electrons. The standard InChI is InChI=1S/C34H41N5O4/c1-34(2,3)43-33(41)28(15-9-10-17-35)38-32(40)30-20-26-25-13-7-8-14-27(25)37-29(26)21-39(30)24-16-18-36-31(19-24)42-22-23-11-5-4-6-12-23/h4-8,11-14,16,18-19,28,30,37H,9-10,15,17,20-22,35H2,1-3H3,(H,38,40). The van der Waals surface area contributed by atoms with E-state index in [1.807, 2.05) is 81.4 Å². The average molecular weight is 584 g/mol. The first-order chi connectivity index (χ1) is 20.7. The fourth-order valence-electron chi connectivity index (χ4n) is 5.48. The lowest BCUT2D eigenvalue weighted by molar-refractivity contribution is -0.159. The van der Waals surface area contributed by atoms with Crippen LogP contribution in [0.5, 0.6) is 5.88 Å². The second-order valence-corrected chi connectivity index (χ2v) is 12.0. The number of aromatic nitrogens is 2. The van der Waals surface area contributed by atoms with Crippen LogP contribution >= 0.6 is 0 Å². The number of nitrogens with two attached hydrogens (primary N) is 1. The van der Waals surface area contributed by atoms with E-state index in [0.29, 0.717) is 44.8 Å². The van der Waals surface area contributed by atoms with Gasteiger partial charge in [0.1, 0.15) is 24.3 Å². The highest BCUT2D eigenvalue weighted by atomic mass is 16.6. The lowest BCUT2D eigenvalue weighted by Gasteiger charge is -2.37. The molecular formula is C34H41N5O4. The number of benzene rings is 2. The van der Waals surface area contributed by atoms with Crippen LogP contribution in [0.3, 0.4) is 0 Å². The monoisotopic (exact) mass is 583 g/mol. The first kappa shape index (κ1) is 30.1. The molecule has 226 valence electrons. The van der Waals surface area contributed by atoms with Crippen LogP contribution in [0.25, 0.3) is 10.9 Å². The number of carbonyl (C=O) groups excluding carboxylic acids is 2. The summed E-state index contributed by atoms with van der Waals surface area (Å²) in [5.74, 6) is -0.201. The Morgan fingerprint density at radius 1 is 1.09 bits per heavy atom. The minimum absolute atomic E-state index is 0.233. The number of hydrogen-bond acceptors (Lipinski definition) is 7. The molecule has 2 atom stereocenters. The normalized spacial score (nSPS) is 15.5. The Morgan fingerprint density at radius 3 is 2.63 bits per heavy atom. The molecule has 1 amide bonds. The molecular weight excluding hydrogens is 542 g/mol. The number of esters is 1.